The predicted molar refractivity (Wildman–Crippen MR) is 118 cm³/mol. The number of carbonyl (C=O) groups excluding carboxylic acids is 2. The molecule has 0 unspecified atom stereocenters. The van der Waals surface area contributed by atoms with Crippen molar-refractivity contribution in [3.05, 3.63) is 70.7 Å². The molecule has 4 rings (SSSR count). The highest BCUT2D eigenvalue weighted by Crippen LogP contribution is 2.29. The van der Waals surface area contributed by atoms with E-state index in [2.05, 4.69) is 25.4 Å². The summed E-state index contributed by atoms with van der Waals surface area (Å²) in [5.74, 6) is -1.77. The summed E-state index contributed by atoms with van der Waals surface area (Å²) in [6, 6.07) is 8.15. The number of alkyl halides is 1. The van der Waals surface area contributed by atoms with Crippen molar-refractivity contribution in [1.82, 2.24) is 0 Å². The number of hydrogen-bond acceptors (Lipinski definition) is 7. The van der Waals surface area contributed by atoms with E-state index in [0.29, 0.717) is 38.4 Å². The molecule has 0 saturated carbocycles. The molecule has 0 aliphatic rings. The number of carbonyl (C=O) groups is 2. The molecule has 0 N–H and O–H groups in total. The number of methoxy groups -OCH3 is 3. The lowest BCUT2D eigenvalue weighted by molar-refractivity contribution is 0.0555. The molecule has 0 aliphatic heterocycles. The van der Waals surface area contributed by atoms with Gasteiger partial charge < -0.3 is 23.0 Å². The van der Waals surface area contributed by atoms with Crippen LogP contribution < -0.4 is 0 Å². The van der Waals surface area contributed by atoms with Crippen molar-refractivity contribution in [2.75, 3.05) is 21.3 Å². The van der Waals surface area contributed by atoms with Crippen molar-refractivity contribution in [2.24, 2.45) is 0 Å². The third-order valence-electron chi connectivity index (χ3n) is 4.67. The SMILES string of the molecule is COC(=O)c1oc2ccc(F)cc2c1CBr.COCc1c(C(=O)OC)oc2ccc(F)cc12. The molecule has 2 aromatic carbocycles. The minimum Gasteiger partial charge on any atom is -0.463 e. The van der Waals surface area contributed by atoms with E-state index in [1.807, 2.05) is 0 Å². The Morgan fingerprint density at radius 2 is 1.27 bits per heavy atom. The topological polar surface area (TPSA) is 88.1 Å². The van der Waals surface area contributed by atoms with Crippen LogP contribution in [0.2, 0.25) is 0 Å². The molecule has 174 valence electrons. The fourth-order valence-electron chi connectivity index (χ4n) is 3.18. The van der Waals surface area contributed by atoms with Crippen molar-refractivity contribution >= 4 is 49.8 Å². The molecular weight excluding hydrogens is 506 g/mol. The van der Waals surface area contributed by atoms with Crippen molar-refractivity contribution in [1.29, 1.82) is 0 Å². The molecule has 33 heavy (non-hydrogen) atoms. The highest BCUT2D eigenvalue weighted by molar-refractivity contribution is 9.08. The summed E-state index contributed by atoms with van der Waals surface area (Å²) < 4.78 is 51.1. The van der Waals surface area contributed by atoms with E-state index >= 15 is 0 Å². The van der Waals surface area contributed by atoms with Gasteiger partial charge in [-0.25, -0.2) is 18.4 Å². The second-order valence-electron chi connectivity index (χ2n) is 6.65. The summed E-state index contributed by atoms with van der Waals surface area (Å²) in [7, 11) is 4.01. The number of hydrogen-bond donors (Lipinski definition) is 0. The number of rotatable bonds is 5. The molecule has 0 atom stereocenters. The van der Waals surface area contributed by atoms with Gasteiger partial charge in [0.25, 0.3) is 0 Å². The van der Waals surface area contributed by atoms with Crippen LogP contribution in [0.15, 0.2) is 45.2 Å². The molecule has 0 fully saturated rings. The van der Waals surface area contributed by atoms with Crippen LogP contribution in [0.5, 0.6) is 0 Å². The number of halogens is 3. The summed E-state index contributed by atoms with van der Waals surface area (Å²) in [5, 5.41) is 1.50. The Balaban J connectivity index is 0.000000186. The summed E-state index contributed by atoms with van der Waals surface area (Å²) in [6.45, 7) is 0.154. The van der Waals surface area contributed by atoms with Crippen LogP contribution >= 0.6 is 15.9 Å². The quantitative estimate of drug-likeness (QED) is 0.242. The number of ether oxygens (including phenoxy) is 3. The molecule has 4 aromatic rings. The average Bonchev–Trinajstić information content (AvgIpc) is 3.36. The summed E-state index contributed by atoms with van der Waals surface area (Å²) >= 11 is 3.24. The van der Waals surface area contributed by atoms with Gasteiger partial charge in [-0.15, -0.1) is 0 Å². The van der Waals surface area contributed by atoms with Gasteiger partial charge in [-0.1, -0.05) is 15.9 Å². The average molecular weight is 525 g/mol. The fourth-order valence-corrected chi connectivity index (χ4v) is 3.73. The molecule has 2 aromatic heterocycles. The molecule has 0 saturated heterocycles. The third kappa shape index (κ3) is 5.07. The fraction of sp³-hybridized carbons (Fsp3) is 0.217. The lowest BCUT2D eigenvalue weighted by Crippen LogP contribution is -2.03. The highest BCUT2D eigenvalue weighted by Gasteiger charge is 2.22. The van der Waals surface area contributed by atoms with Crippen LogP contribution in [0.3, 0.4) is 0 Å². The van der Waals surface area contributed by atoms with Crippen LogP contribution in [0.25, 0.3) is 21.9 Å². The van der Waals surface area contributed by atoms with Gasteiger partial charge in [0.15, 0.2) is 0 Å². The van der Waals surface area contributed by atoms with Gasteiger partial charge in [0, 0.05) is 34.3 Å². The Kier molecular flexibility index (Phi) is 7.83. The van der Waals surface area contributed by atoms with Crippen molar-refractivity contribution in [2.45, 2.75) is 11.9 Å². The first-order valence-electron chi connectivity index (χ1n) is 9.47. The van der Waals surface area contributed by atoms with Crippen molar-refractivity contribution in [3.63, 3.8) is 0 Å². The zero-order chi connectivity index (χ0) is 24.1. The van der Waals surface area contributed by atoms with E-state index in [1.165, 1.54) is 57.7 Å². The van der Waals surface area contributed by atoms with Gasteiger partial charge in [0.2, 0.25) is 11.5 Å². The highest BCUT2D eigenvalue weighted by atomic mass is 79.9. The van der Waals surface area contributed by atoms with Gasteiger partial charge in [-0.05, 0) is 36.4 Å². The first-order valence-corrected chi connectivity index (χ1v) is 10.6. The van der Waals surface area contributed by atoms with Gasteiger partial charge in [-0.2, -0.15) is 0 Å². The van der Waals surface area contributed by atoms with Gasteiger partial charge >= 0.3 is 11.9 Å². The lowest BCUT2D eigenvalue weighted by Gasteiger charge is -1.99. The Hall–Kier alpha value is -3.24. The molecule has 0 aliphatic carbocycles. The number of furan rings is 2. The molecule has 0 bridgehead atoms. The smallest absolute Gasteiger partial charge is 0.374 e. The molecule has 7 nitrogen and oxygen atoms in total. The van der Waals surface area contributed by atoms with Crippen LogP contribution in [0, 0.1) is 11.6 Å². The number of benzene rings is 2. The standard InChI is InChI=1S/C12H11FO4.C11H8BrFO3/c1-15-6-9-8-5-7(13)3-4-10(8)17-11(9)12(14)16-2;1-15-11(14)10-8(5-12)7-4-6(13)2-3-9(7)16-10/h3-5H,6H2,1-2H3;2-4H,5H2,1H3. The Morgan fingerprint density at radius 1 is 0.818 bits per heavy atom. The maximum Gasteiger partial charge on any atom is 0.374 e. The molecule has 0 radical (unpaired) electrons. The van der Waals surface area contributed by atoms with E-state index < -0.39 is 17.8 Å². The van der Waals surface area contributed by atoms with Gasteiger partial charge in [0.05, 0.1) is 20.8 Å². The Labute approximate surface area is 195 Å². The first kappa shape index (κ1) is 24.4. The van der Waals surface area contributed by atoms with E-state index in [4.69, 9.17) is 13.6 Å². The molecule has 10 heteroatoms. The van der Waals surface area contributed by atoms with Crippen molar-refractivity contribution in [3.8, 4) is 0 Å². The molecular formula is C23H19BrF2O7. The second kappa shape index (κ2) is 10.6. The van der Waals surface area contributed by atoms with Crippen LogP contribution in [-0.4, -0.2) is 33.3 Å². The second-order valence-corrected chi connectivity index (χ2v) is 7.21. The monoisotopic (exact) mass is 524 g/mol. The predicted octanol–water partition coefficient (Wildman–Crippen LogP) is 5.76. The normalized spacial score (nSPS) is 10.7. The van der Waals surface area contributed by atoms with Crippen LogP contribution in [0.1, 0.15) is 32.2 Å². The minimum absolute atomic E-state index is 0.0509. The largest absolute Gasteiger partial charge is 0.463 e. The molecule has 0 spiro atoms. The van der Waals surface area contributed by atoms with Gasteiger partial charge in [0.1, 0.15) is 22.8 Å². The number of fused-ring (bicyclic) bond motifs is 2. The Morgan fingerprint density at radius 3 is 1.70 bits per heavy atom. The molecule has 2 heterocycles. The van der Waals surface area contributed by atoms with Gasteiger partial charge in [-0.3, -0.25) is 0 Å². The van der Waals surface area contributed by atoms with E-state index in [9.17, 15) is 18.4 Å². The maximum atomic E-state index is 13.2. The third-order valence-corrected chi connectivity index (χ3v) is 5.23. The lowest BCUT2D eigenvalue weighted by atomic mass is 10.1. The van der Waals surface area contributed by atoms with E-state index in [-0.39, 0.29) is 23.9 Å². The summed E-state index contributed by atoms with van der Waals surface area (Å²) in [4.78, 5) is 22.9. The summed E-state index contributed by atoms with van der Waals surface area (Å²) in [5.41, 5.74) is 1.99. The first-order chi connectivity index (χ1) is 15.8. The van der Waals surface area contributed by atoms with Crippen LogP contribution in [0.4, 0.5) is 8.78 Å². The molecule has 0 amide bonds. The number of esters is 2. The minimum atomic E-state index is -0.603. The van der Waals surface area contributed by atoms with Crippen LogP contribution in [-0.2, 0) is 26.1 Å². The van der Waals surface area contributed by atoms with E-state index in [1.54, 1.807) is 0 Å². The summed E-state index contributed by atoms with van der Waals surface area (Å²) in [6.07, 6.45) is 0. The zero-order valence-corrected chi connectivity index (χ0v) is 19.5. The zero-order valence-electron chi connectivity index (χ0n) is 17.9. The Bertz CT molecular complexity index is 1310. The van der Waals surface area contributed by atoms with E-state index in [0.717, 1.165) is 0 Å². The van der Waals surface area contributed by atoms with Crippen molar-refractivity contribution < 1.29 is 41.4 Å². The maximum absolute atomic E-state index is 13.2.